The Labute approximate surface area is 171 Å². The van der Waals surface area contributed by atoms with Gasteiger partial charge < -0.3 is 4.43 Å². The van der Waals surface area contributed by atoms with E-state index in [0.717, 1.165) is 0 Å². The minimum Gasteiger partial charge on any atom is -0.401 e. The van der Waals surface area contributed by atoms with E-state index in [-0.39, 0.29) is 16.9 Å². The van der Waals surface area contributed by atoms with Gasteiger partial charge in [-0.15, -0.1) is 6.58 Å². The maximum Gasteiger partial charge on any atom is 0.261 e. The van der Waals surface area contributed by atoms with Crippen LogP contribution in [-0.2, 0) is 9.22 Å². The molecule has 2 aromatic rings. The van der Waals surface area contributed by atoms with Crippen molar-refractivity contribution in [2.45, 2.75) is 51.7 Å². The maximum absolute atomic E-state index is 11.6. The molecule has 0 spiro atoms. The number of rotatable bonds is 9. The number of carbonyl (C=O) groups excluding carboxylic acids is 1. The molecule has 1 atom stereocenters. The smallest absolute Gasteiger partial charge is 0.261 e. The number of hydrogen-bond acceptors (Lipinski definition) is 2. The Morgan fingerprint density at radius 2 is 1.54 bits per heavy atom. The van der Waals surface area contributed by atoms with Crippen molar-refractivity contribution in [2.75, 3.05) is 0 Å². The molecule has 3 heteroatoms. The van der Waals surface area contributed by atoms with Gasteiger partial charge in [-0.3, -0.25) is 4.79 Å². The van der Waals surface area contributed by atoms with Gasteiger partial charge in [0.25, 0.3) is 8.32 Å². The van der Waals surface area contributed by atoms with E-state index in [2.05, 4.69) is 75.9 Å². The standard InChI is InChI=1S/C25H32O2Si/c1-6-21(26)15-14-16-22(7-2)27-28(25(3,4)5,23-17-10-8-11-18-23)24-19-12-9-13-20-24/h7-15,17-20,22H,2,6,16H2,1,3-5H3/b15-14+. The highest BCUT2D eigenvalue weighted by Gasteiger charge is 2.51. The summed E-state index contributed by atoms with van der Waals surface area (Å²) in [5.74, 6) is 0.133. The molecule has 0 bridgehead atoms. The van der Waals surface area contributed by atoms with Gasteiger partial charge in [0.1, 0.15) is 0 Å². The van der Waals surface area contributed by atoms with Crippen molar-refractivity contribution < 1.29 is 9.22 Å². The third kappa shape index (κ3) is 4.97. The second kappa shape index (κ2) is 9.81. The fourth-order valence-electron chi connectivity index (χ4n) is 3.56. The van der Waals surface area contributed by atoms with Crippen molar-refractivity contribution in [1.82, 2.24) is 0 Å². The van der Waals surface area contributed by atoms with Crippen molar-refractivity contribution in [1.29, 1.82) is 0 Å². The number of benzene rings is 2. The molecule has 0 saturated heterocycles. The summed E-state index contributed by atoms with van der Waals surface area (Å²) < 4.78 is 7.00. The van der Waals surface area contributed by atoms with Crippen molar-refractivity contribution in [3.63, 3.8) is 0 Å². The minimum absolute atomic E-state index is 0.0834. The summed E-state index contributed by atoms with van der Waals surface area (Å²) in [5.41, 5.74) is 0. The lowest BCUT2D eigenvalue weighted by atomic mass is 10.2. The first-order chi connectivity index (χ1) is 13.3. The molecule has 0 aliphatic heterocycles. The van der Waals surface area contributed by atoms with Crippen molar-refractivity contribution >= 4 is 24.5 Å². The molecule has 0 aromatic heterocycles. The van der Waals surface area contributed by atoms with Crippen LogP contribution in [0.25, 0.3) is 0 Å². The van der Waals surface area contributed by atoms with Crippen LogP contribution in [0.4, 0.5) is 0 Å². The quantitative estimate of drug-likeness (QED) is 0.339. The SMILES string of the molecule is C=CC(C/C=C/C(=O)CC)O[Si](c1ccccc1)(c1ccccc1)C(C)(C)C. The van der Waals surface area contributed by atoms with Gasteiger partial charge in [-0.1, -0.05) is 101 Å². The Hall–Kier alpha value is -2.23. The zero-order valence-corrected chi connectivity index (χ0v) is 18.5. The molecule has 0 aliphatic carbocycles. The van der Waals surface area contributed by atoms with Crippen LogP contribution >= 0.6 is 0 Å². The average molecular weight is 393 g/mol. The van der Waals surface area contributed by atoms with E-state index in [1.54, 1.807) is 6.08 Å². The number of allylic oxidation sites excluding steroid dienone is 1. The van der Waals surface area contributed by atoms with Gasteiger partial charge in [0.15, 0.2) is 5.78 Å². The van der Waals surface area contributed by atoms with Crippen LogP contribution in [0, 0.1) is 0 Å². The van der Waals surface area contributed by atoms with Crippen LogP contribution < -0.4 is 10.4 Å². The van der Waals surface area contributed by atoms with Crippen LogP contribution in [0.3, 0.4) is 0 Å². The van der Waals surface area contributed by atoms with E-state index >= 15 is 0 Å². The Kier molecular flexibility index (Phi) is 7.73. The van der Waals surface area contributed by atoms with Gasteiger partial charge in [0.2, 0.25) is 0 Å². The first-order valence-electron chi connectivity index (χ1n) is 9.96. The molecule has 2 rings (SSSR count). The van der Waals surface area contributed by atoms with Crippen molar-refractivity contribution in [3.05, 3.63) is 85.5 Å². The molecule has 2 aromatic carbocycles. The Morgan fingerprint density at radius 1 is 1.04 bits per heavy atom. The van der Waals surface area contributed by atoms with Gasteiger partial charge >= 0.3 is 0 Å². The highest BCUT2D eigenvalue weighted by molar-refractivity contribution is 6.99. The molecule has 0 heterocycles. The van der Waals surface area contributed by atoms with Crippen LogP contribution in [0.2, 0.25) is 5.04 Å². The topological polar surface area (TPSA) is 26.3 Å². The zero-order chi connectivity index (χ0) is 20.6. The lowest BCUT2D eigenvalue weighted by molar-refractivity contribution is -0.114. The molecule has 28 heavy (non-hydrogen) atoms. The monoisotopic (exact) mass is 392 g/mol. The number of ketones is 1. The van der Waals surface area contributed by atoms with E-state index in [0.29, 0.717) is 12.8 Å². The van der Waals surface area contributed by atoms with Crippen LogP contribution in [0.5, 0.6) is 0 Å². The van der Waals surface area contributed by atoms with Crippen molar-refractivity contribution in [3.8, 4) is 0 Å². The Balaban J connectivity index is 2.53. The van der Waals surface area contributed by atoms with Gasteiger partial charge in [0.05, 0.1) is 6.10 Å². The first-order valence-corrected chi connectivity index (χ1v) is 11.9. The van der Waals surface area contributed by atoms with E-state index in [1.165, 1.54) is 10.4 Å². The molecule has 148 valence electrons. The summed E-state index contributed by atoms with van der Waals surface area (Å²) in [6.07, 6.45) is 6.43. The van der Waals surface area contributed by atoms with E-state index < -0.39 is 8.32 Å². The third-order valence-corrected chi connectivity index (χ3v) is 10.1. The average Bonchev–Trinajstić information content (AvgIpc) is 2.70. The lowest BCUT2D eigenvalue weighted by Crippen LogP contribution is -2.67. The molecule has 0 N–H and O–H groups in total. The van der Waals surface area contributed by atoms with Crippen LogP contribution in [0.15, 0.2) is 85.5 Å². The summed E-state index contributed by atoms with van der Waals surface area (Å²) >= 11 is 0. The predicted octanol–water partition coefficient (Wildman–Crippen LogP) is 5.04. The third-order valence-electron chi connectivity index (χ3n) is 5.03. The summed E-state index contributed by atoms with van der Waals surface area (Å²) in [4.78, 5) is 11.6. The molecular formula is C25H32O2Si. The van der Waals surface area contributed by atoms with Gasteiger partial charge in [-0.25, -0.2) is 0 Å². The molecule has 0 aliphatic rings. The summed E-state index contributed by atoms with van der Waals surface area (Å²) in [5, 5.41) is 2.41. The highest BCUT2D eigenvalue weighted by atomic mass is 28.4. The Bertz CT molecular complexity index is 749. The van der Waals surface area contributed by atoms with Crippen LogP contribution in [-0.4, -0.2) is 20.2 Å². The second-order valence-corrected chi connectivity index (χ2v) is 12.3. The van der Waals surface area contributed by atoms with Crippen LogP contribution in [0.1, 0.15) is 40.5 Å². The van der Waals surface area contributed by atoms with Crippen molar-refractivity contribution in [2.24, 2.45) is 0 Å². The van der Waals surface area contributed by atoms with Gasteiger partial charge in [-0.05, 0) is 27.9 Å². The minimum atomic E-state index is -2.61. The number of carbonyl (C=O) groups is 1. The van der Waals surface area contributed by atoms with Gasteiger partial charge in [-0.2, -0.15) is 0 Å². The summed E-state index contributed by atoms with van der Waals surface area (Å²) in [6, 6.07) is 21.1. The fraction of sp³-hybridized carbons (Fsp3) is 0.320. The van der Waals surface area contributed by atoms with E-state index in [1.807, 2.05) is 31.2 Å². The molecule has 0 amide bonds. The zero-order valence-electron chi connectivity index (χ0n) is 17.5. The fourth-order valence-corrected chi connectivity index (χ4v) is 8.22. The molecular weight excluding hydrogens is 360 g/mol. The Morgan fingerprint density at radius 3 is 1.93 bits per heavy atom. The first kappa shape index (κ1) is 22.1. The largest absolute Gasteiger partial charge is 0.401 e. The van der Waals surface area contributed by atoms with E-state index in [4.69, 9.17) is 4.43 Å². The van der Waals surface area contributed by atoms with E-state index in [9.17, 15) is 4.79 Å². The summed E-state index contributed by atoms with van der Waals surface area (Å²) in [7, 11) is -2.61. The molecule has 1 unspecified atom stereocenters. The van der Waals surface area contributed by atoms with Gasteiger partial charge in [0, 0.05) is 6.42 Å². The number of hydrogen-bond donors (Lipinski definition) is 0. The maximum atomic E-state index is 11.6. The molecule has 0 fully saturated rings. The normalized spacial score (nSPS) is 13.4. The highest BCUT2D eigenvalue weighted by Crippen LogP contribution is 2.37. The summed E-state index contributed by atoms with van der Waals surface area (Å²) in [6.45, 7) is 12.7. The second-order valence-electron chi connectivity index (χ2n) is 8.01. The molecule has 2 nitrogen and oxygen atoms in total. The molecule has 0 radical (unpaired) electrons. The predicted molar refractivity (Wildman–Crippen MR) is 122 cm³/mol. The molecule has 0 saturated carbocycles. The lowest BCUT2D eigenvalue weighted by Gasteiger charge is -2.44.